The smallest absolute Gasteiger partial charge is 0.178 e. The largest absolute Gasteiger partial charge is 0.380 e. The summed E-state index contributed by atoms with van der Waals surface area (Å²) in [5, 5.41) is 0. The molecule has 0 aliphatic heterocycles. The number of hydrogen-bond donors (Lipinski definition) is 3. The van der Waals surface area contributed by atoms with E-state index in [1.165, 1.54) is 7.98 Å². The van der Waals surface area contributed by atoms with Gasteiger partial charge in [0, 0.05) is 0 Å². The van der Waals surface area contributed by atoms with Gasteiger partial charge in [-0.1, -0.05) is 0 Å². The number of nitrogens with two attached hydrogens (primary N) is 2. The van der Waals surface area contributed by atoms with E-state index >= 15 is 0 Å². The van der Waals surface area contributed by atoms with E-state index in [0.717, 1.165) is 0 Å². The second-order valence-corrected chi connectivity index (χ2v) is 1.19. The van der Waals surface area contributed by atoms with Crippen molar-refractivity contribution in [3.8, 4) is 0 Å². The lowest BCUT2D eigenvalue weighted by Gasteiger charge is -2.03. The summed E-state index contributed by atoms with van der Waals surface area (Å²) in [6.45, 7) is 0. The van der Waals surface area contributed by atoms with Crippen LogP contribution in [0.2, 0.25) is 0 Å². The summed E-state index contributed by atoms with van der Waals surface area (Å²) < 4.78 is 32.7. The summed E-state index contributed by atoms with van der Waals surface area (Å²) in [5.74, 6) is 0. The van der Waals surface area contributed by atoms with Crippen LogP contribution in [0.15, 0.2) is 0 Å². The Balaban J connectivity index is -0.0000000315. The molecule has 10 heteroatoms. The van der Waals surface area contributed by atoms with E-state index in [1.54, 1.807) is 0 Å². The molecule has 0 bridgehead atoms. The SMILES string of the molecule is BN.F.[B]N.[O-][Cl+3]([O-])([O-])O. The first-order valence-electron chi connectivity index (χ1n) is 1.54. The maximum Gasteiger partial charge on any atom is 0.178 e. The Labute approximate surface area is 61.8 Å². The third kappa shape index (κ3) is 34000. The fourth-order valence-corrected chi connectivity index (χ4v) is 0. The van der Waals surface area contributed by atoms with E-state index < -0.39 is 10.2 Å². The molecule has 0 aromatic carbocycles. The highest BCUT2D eigenvalue weighted by atomic mass is 35.7. The molecular formula is H8B2ClFN2O4. The van der Waals surface area contributed by atoms with Gasteiger partial charge in [-0.3, -0.25) is 4.70 Å². The summed E-state index contributed by atoms with van der Waals surface area (Å²) in [7, 11) is 0.806. The highest BCUT2D eigenvalue weighted by Gasteiger charge is 1.98. The van der Waals surface area contributed by atoms with Crippen LogP contribution in [-0.2, 0) is 0 Å². The molecule has 5 N–H and O–H groups in total. The van der Waals surface area contributed by atoms with Crippen LogP contribution in [0.4, 0.5) is 4.70 Å². The average Bonchev–Trinajstić information content (AvgIpc) is 1.72. The van der Waals surface area contributed by atoms with Gasteiger partial charge in [0.25, 0.3) is 0 Å². The number of hydrogen-bond acceptors (Lipinski definition) is 6. The van der Waals surface area contributed by atoms with Gasteiger partial charge in [0.2, 0.25) is 0 Å². The molecule has 2 radical (unpaired) electrons. The first-order chi connectivity index (χ1) is 4.00. The molecule has 0 saturated heterocycles. The van der Waals surface area contributed by atoms with E-state index in [-0.39, 0.29) is 4.70 Å². The zero-order valence-electron chi connectivity index (χ0n) is 5.19. The standard InChI is InChI=1S/BH4N.BH2N.ClHO4.FH/c2*1-2;2-1(3,4)5;/h1-2H2;2H2;(H,2,3,4,5);1H. The quantitative estimate of drug-likeness (QED) is 0.313. The molecule has 0 fully saturated rings. The van der Waals surface area contributed by atoms with Gasteiger partial charge in [-0.2, -0.15) is 14.0 Å². The Kier molecular flexibility index (Phi) is 36.1. The Hall–Kier alpha value is 0.110. The third-order valence-electron chi connectivity index (χ3n) is 0. The maximum atomic E-state index is 8.60. The van der Waals surface area contributed by atoms with E-state index in [9.17, 15) is 0 Å². The molecule has 0 aromatic rings. The monoisotopic (exact) mass is 176 g/mol. The van der Waals surface area contributed by atoms with E-state index in [4.69, 9.17) is 18.6 Å². The molecule has 0 aliphatic carbocycles. The Morgan fingerprint density at radius 1 is 1.20 bits per heavy atom. The van der Waals surface area contributed by atoms with Crippen molar-refractivity contribution in [1.29, 1.82) is 0 Å². The van der Waals surface area contributed by atoms with Crippen molar-refractivity contribution in [3.63, 3.8) is 0 Å². The summed E-state index contributed by atoms with van der Waals surface area (Å²) in [6, 6.07) is 0. The summed E-state index contributed by atoms with van der Waals surface area (Å²) in [6.07, 6.45) is 0. The van der Waals surface area contributed by atoms with Crippen LogP contribution in [0.25, 0.3) is 0 Å². The summed E-state index contributed by atoms with van der Waals surface area (Å²) in [5.41, 5.74) is 8.50. The highest BCUT2D eigenvalue weighted by molar-refractivity contribution is 6.02. The highest BCUT2D eigenvalue weighted by Crippen LogP contribution is 1.60. The molecule has 0 aromatic heterocycles. The van der Waals surface area contributed by atoms with Gasteiger partial charge in [0.15, 0.2) is 16.0 Å². The normalized spacial score (nSPS) is 7.00. The molecule has 0 unspecified atom stereocenters. The van der Waals surface area contributed by atoms with Crippen LogP contribution in [0.1, 0.15) is 0 Å². The van der Waals surface area contributed by atoms with Crippen molar-refractivity contribution in [2.75, 3.05) is 0 Å². The molecular weight excluding hydrogens is 168 g/mol. The average molecular weight is 176 g/mol. The topological polar surface area (TPSA) is 141 Å². The van der Waals surface area contributed by atoms with Crippen LogP contribution in [0.5, 0.6) is 0 Å². The first-order valence-corrected chi connectivity index (χ1v) is 2.81. The minimum Gasteiger partial charge on any atom is -0.380 e. The van der Waals surface area contributed by atoms with Gasteiger partial charge in [0.05, 0.1) is 14.9 Å². The van der Waals surface area contributed by atoms with Gasteiger partial charge in [-0.05, 0) is 0 Å². The number of rotatable bonds is 0. The molecule has 0 rings (SSSR count). The third-order valence-corrected chi connectivity index (χ3v) is 0. The minimum atomic E-state index is -4.69. The summed E-state index contributed by atoms with van der Waals surface area (Å²) >= 11 is 0. The predicted octanol–water partition coefficient (Wildman–Crippen LogP) is -6.45. The molecule has 0 atom stereocenters. The first kappa shape index (κ1) is 22.5. The molecule has 0 spiro atoms. The fourth-order valence-electron chi connectivity index (χ4n) is 0. The Morgan fingerprint density at radius 2 is 1.20 bits per heavy atom. The van der Waals surface area contributed by atoms with Gasteiger partial charge in [0.1, 0.15) is 0 Å². The van der Waals surface area contributed by atoms with Crippen LogP contribution < -0.4 is 25.3 Å². The molecule has 10 heavy (non-hydrogen) atoms. The zero-order valence-corrected chi connectivity index (χ0v) is 5.95. The van der Waals surface area contributed by atoms with E-state index in [1.807, 2.05) is 0 Å². The molecule has 62 valence electrons. The van der Waals surface area contributed by atoms with Gasteiger partial charge >= 0.3 is 0 Å². The van der Waals surface area contributed by atoms with Crippen molar-refractivity contribution >= 4 is 16.0 Å². The Bertz CT molecular complexity index is 36.7. The van der Waals surface area contributed by atoms with Crippen molar-refractivity contribution in [1.82, 2.24) is 0 Å². The Morgan fingerprint density at radius 3 is 1.20 bits per heavy atom. The zero-order chi connectivity index (χ0) is 8.50. The van der Waals surface area contributed by atoms with Crippen LogP contribution in [0.3, 0.4) is 0 Å². The maximum absolute atomic E-state index is 8.60. The lowest BCUT2D eigenvalue weighted by Crippen LogP contribution is -2.58. The van der Waals surface area contributed by atoms with Crippen LogP contribution in [-0.4, -0.2) is 20.6 Å². The van der Waals surface area contributed by atoms with Gasteiger partial charge < -0.3 is 11.3 Å². The molecule has 0 aliphatic rings. The number of halogens is 2. The van der Waals surface area contributed by atoms with Crippen molar-refractivity contribution in [2.45, 2.75) is 0 Å². The van der Waals surface area contributed by atoms with Crippen LogP contribution in [0, 0.1) is 10.2 Å². The second kappa shape index (κ2) is 16.1. The van der Waals surface area contributed by atoms with E-state index in [0.29, 0.717) is 0 Å². The fraction of sp³-hybridized carbons (Fsp3) is 0. The van der Waals surface area contributed by atoms with Crippen molar-refractivity contribution < 1.29 is 33.6 Å². The molecule has 0 saturated carbocycles. The lowest BCUT2D eigenvalue weighted by atomic mass is 10.5. The molecule has 0 heterocycles. The minimum absolute atomic E-state index is 0. The second-order valence-electron chi connectivity index (χ2n) is 0.396. The van der Waals surface area contributed by atoms with E-state index in [2.05, 4.69) is 19.3 Å². The van der Waals surface area contributed by atoms with Gasteiger partial charge in [-0.25, -0.2) is 0 Å². The summed E-state index contributed by atoms with van der Waals surface area (Å²) in [4.78, 5) is 0. The van der Waals surface area contributed by atoms with Gasteiger partial charge in [-0.15, -0.1) is 0 Å². The van der Waals surface area contributed by atoms with Crippen LogP contribution >= 0.6 is 0 Å². The lowest BCUT2D eigenvalue weighted by molar-refractivity contribution is -1.92. The van der Waals surface area contributed by atoms with Crippen molar-refractivity contribution in [2.24, 2.45) is 11.3 Å². The predicted molar refractivity (Wildman–Crippen MR) is 27.4 cm³/mol. The van der Waals surface area contributed by atoms with Crippen molar-refractivity contribution in [3.05, 3.63) is 0 Å². The molecule has 6 nitrogen and oxygen atoms in total. The molecule has 0 amide bonds.